The number of phenolic OH excluding ortho intramolecular Hbond substituents is 5. The van der Waals surface area contributed by atoms with Gasteiger partial charge in [0, 0.05) is 17.7 Å². The molecule has 0 bridgehead atoms. The molecule has 0 unspecified atom stereocenters. The fourth-order valence-electron chi connectivity index (χ4n) is 3.26. The highest BCUT2D eigenvalue weighted by Gasteiger charge is 2.25. The predicted molar refractivity (Wildman–Crippen MR) is 125 cm³/mol. The summed E-state index contributed by atoms with van der Waals surface area (Å²) in [5.41, 5.74) is 0.495. The summed E-state index contributed by atoms with van der Waals surface area (Å²) in [6.45, 7) is 2.19. The fraction of sp³-hybridized carbons (Fsp3) is 0.115. The van der Waals surface area contributed by atoms with Crippen molar-refractivity contribution in [2.45, 2.75) is 13.3 Å². The van der Waals surface area contributed by atoms with Crippen molar-refractivity contribution in [3.63, 3.8) is 0 Å². The van der Waals surface area contributed by atoms with Gasteiger partial charge in [0.25, 0.3) is 0 Å². The monoisotopic (exact) mass is 478 g/mol. The molecule has 0 spiro atoms. The number of carbonyl (C=O) groups is 3. The van der Waals surface area contributed by atoms with E-state index in [-0.39, 0.29) is 11.3 Å². The van der Waals surface area contributed by atoms with Gasteiger partial charge in [0.05, 0.1) is 12.2 Å². The molecule has 0 heterocycles. The summed E-state index contributed by atoms with van der Waals surface area (Å²) in [7, 11) is 0. The first-order valence-electron chi connectivity index (χ1n) is 10.5. The normalized spacial score (nSPS) is 11.9. The van der Waals surface area contributed by atoms with Crippen LogP contribution in [-0.4, -0.2) is 49.5 Å². The number of hydrogen-bond donors (Lipinski definition) is 5. The minimum atomic E-state index is -0.921. The van der Waals surface area contributed by atoms with Crippen molar-refractivity contribution in [1.29, 1.82) is 0 Å². The van der Waals surface area contributed by atoms with Gasteiger partial charge in [-0.15, -0.1) is 0 Å². The van der Waals surface area contributed by atoms with Crippen LogP contribution < -0.4 is 4.74 Å². The average molecular weight is 478 g/mol. The Morgan fingerprint density at radius 2 is 1.51 bits per heavy atom. The summed E-state index contributed by atoms with van der Waals surface area (Å²) in [5, 5.41) is 48.6. The van der Waals surface area contributed by atoms with E-state index in [1.807, 2.05) is 19.1 Å². The Balaban J connectivity index is 0.000000237. The number of aromatic hydroxyl groups is 5. The van der Waals surface area contributed by atoms with Crippen LogP contribution in [0.4, 0.5) is 0 Å². The highest BCUT2D eigenvalue weighted by Crippen LogP contribution is 2.41. The number of ether oxygens (including phenoxy) is 1. The number of Topliss-reactive ketones (excluding diaryl/α,β-unsaturated/α-hetero) is 1. The van der Waals surface area contributed by atoms with Crippen molar-refractivity contribution in [2.24, 2.45) is 0 Å². The second kappa shape index (κ2) is 10.4. The van der Waals surface area contributed by atoms with Crippen LogP contribution in [0.3, 0.4) is 0 Å². The topological polar surface area (TPSA) is 162 Å². The molecule has 3 aromatic carbocycles. The summed E-state index contributed by atoms with van der Waals surface area (Å²) < 4.78 is 5.22. The standard InChI is InChI=1S/C16H16O7.C10H6O2/c1-2-5-23-12-4-3-9(15(21)16(12)22)14(20)13-10(18)6-8(17)7-11(13)19;11-9-6-5-7-3-1-2-4-8(7)10(9)12/h3-4,6-7,17-19,21-22H,2,5H2,1H3;1-6H. The molecule has 0 radical (unpaired) electrons. The lowest BCUT2D eigenvalue weighted by Crippen LogP contribution is -2.15. The van der Waals surface area contributed by atoms with E-state index in [0.717, 1.165) is 17.7 Å². The van der Waals surface area contributed by atoms with Gasteiger partial charge in [-0.3, -0.25) is 14.4 Å². The Bertz CT molecular complexity index is 1320. The van der Waals surface area contributed by atoms with Gasteiger partial charge in [0.1, 0.15) is 22.8 Å². The van der Waals surface area contributed by atoms with Crippen molar-refractivity contribution in [2.75, 3.05) is 6.61 Å². The molecule has 1 aliphatic rings. The first kappa shape index (κ1) is 24.8. The Kier molecular flexibility index (Phi) is 7.40. The number of hydrogen-bond acceptors (Lipinski definition) is 9. The van der Waals surface area contributed by atoms with Gasteiger partial charge in [-0.1, -0.05) is 37.3 Å². The maximum atomic E-state index is 12.4. The Morgan fingerprint density at radius 1 is 0.857 bits per heavy atom. The van der Waals surface area contributed by atoms with Crippen molar-refractivity contribution < 1.29 is 44.7 Å². The van der Waals surface area contributed by atoms with E-state index in [4.69, 9.17) is 4.74 Å². The highest BCUT2D eigenvalue weighted by molar-refractivity contribution is 6.49. The van der Waals surface area contributed by atoms with E-state index in [9.17, 15) is 39.9 Å². The predicted octanol–water partition coefficient (Wildman–Crippen LogP) is 3.70. The second-order valence-electron chi connectivity index (χ2n) is 7.46. The lowest BCUT2D eigenvalue weighted by Gasteiger charge is -2.12. The summed E-state index contributed by atoms with van der Waals surface area (Å²) in [5.74, 6) is -4.82. The molecule has 0 fully saturated rings. The third-order valence-electron chi connectivity index (χ3n) is 4.97. The molecule has 0 saturated heterocycles. The zero-order chi connectivity index (χ0) is 25.7. The van der Waals surface area contributed by atoms with Crippen LogP contribution in [-0.2, 0) is 4.79 Å². The molecular weight excluding hydrogens is 456 g/mol. The Labute approximate surface area is 199 Å². The van der Waals surface area contributed by atoms with Crippen molar-refractivity contribution in [3.8, 4) is 34.5 Å². The second-order valence-corrected chi connectivity index (χ2v) is 7.46. The average Bonchev–Trinajstić information content (AvgIpc) is 2.82. The molecule has 0 amide bonds. The van der Waals surface area contributed by atoms with Crippen LogP contribution in [0.1, 0.15) is 45.2 Å². The number of benzene rings is 3. The van der Waals surface area contributed by atoms with Gasteiger partial charge >= 0.3 is 0 Å². The zero-order valence-electron chi connectivity index (χ0n) is 18.6. The van der Waals surface area contributed by atoms with E-state index in [0.29, 0.717) is 18.6 Å². The molecule has 180 valence electrons. The van der Waals surface area contributed by atoms with E-state index in [1.54, 1.807) is 18.2 Å². The molecule has 4 rings (SSSR count). The van der Waals surface area contributed by atoms with Crippen LogP contribution in [0.2, 0.25) is 0 Å². The number of rotatable bonds is 5. The number of carbonyl (C=O) groups excluding carboxylic acids is 3. The lowest BCUT2D eigenvalue weighted by molar-refractivity contribution is -0.110. The van der Waals surface area contributed by atoms with Crippen molar-refractivity contribution >= 4 is 23.4 Å². The van der Waals surface area contributed by atoms with Gasteiger partial charge in [0.15, 0.2) is 11.5 Å². The maximum absolute atomic E-state index is 12.4. The third-order valence-corrected chi connectivity index (χ3v) is 4.97. The summed E-state index contributed by atoms with van der Waals surface area (Å²) >= 11 is 0. The fourth-order valence-corrected chi connectivity index (χ4v) is 3.26. The molecular formula is C26H22O9. The van der Waals surface area contributed by atoms with Crippen molar-refractivity contribution in [3.05, 3.63) is 76.9 Å². The molecule has 35 heavy (non-hydrogen) atoms. The zero-order valence-corrected chi connectivity index (χ0v) is 18.6. The van der Waals surface area contributed by atoms with E-state index >= 15 is 0 Å². The van der Waals surface area contributed by atoms with Crippen LogP contribution in [0.15, 0.2) is 54.6 Å². The summed E-state index contributed by atoms with van der Waals surface area (Å²) in [6, 6.07) is 11.3. The van der Waals surface area contributed by atoms with E-state index < -0.39 is 51.7 Å². The Morgan fingerprint density at radius 3 is 2.17 bits per heavy atom. The highest BCUT2D eigenvalue weighted by atomic mass is 16.5. The van der Waals surface area contributed by atoms with Gasteiger partial charge in [-0.05, 0) is 30.2 Å². The van der Waals surface area contributed by atoms with Crippen LogP contribution in [0.25, 0.3) is 6.08 Å². The van der Waals surface area contributed by atoms with Crippen LogP contribution >= 0.6 is 0 Å². The van der Waals surface area contributed by atoms with E-state index in [2.05, 4.69) is 0 Å². The molecule has 1 aliphatic carbocycles. The molecule has 9 heteroatoms. The minimum Gasteiger partial charge on any atom is -0.508 e. The largest absolute Gasteiger partial charge is 0.508 e. The van der Waals surface area contributed by atoms with Gasteiger partial charge < -0.3 is 30.3 Å². The van der Waals surface area contributed by atoms with Gasteiger partial charge in [-0.25, -0.2) is 0 Å². The number of fused-ring (bicyclic) bond motifs is 1. The number of phenols is 5. The minimum absolute atomic E-state index is 0.0139. The number of allylic oxidation sites excluding steroid dienone is 1. The summed E-state index contributed by atoms with van der Waals surface area (Å²) in [6.07, 6.45) is 3.67. The first-order chi connectivity index (χ1) is 16.6. The molecule has 0 aromatic heterocycles. The quantitative estimate of drug-likeness (QED) is 0.209. The smallest absolute Gasteiger partial charge is 0.233 e. The molecule has 0 aliphatic heterocycles. The van der Waals surface area contributed by atoms with Crippen LogP contribution in [0.5, 0.6) is 34.5 Å². The van der Waals surface area contributed by atoms with Gasteiger partial charge in [0.2, 0.25) is 23.1 Å². The first-order valence-corrected chi connectivity index (χ1v) is 10.5. The molecule has 0 atom stereocenters. The van der Waals surface area contributed by atoms with Crippen molar-refractivity contribution in [1.82, 2.24) is 0 Å². The maximum Gasteiger partial charge on any atom is 0.233 e. The van der Waals surface area contributed by atoms with E-state index in [1.165, 1.54) is 18.2 Å². The summed E-state index contributed by atoms with van der Waals surface area (Å²) in [4.78, 5) is 34.5. The van der Waals surface area contributed by atoms with Crippen LogP contribution in [0, 0.1) is 0 Å². The molecule has 0 saturated carbocycles. The molecule has 5 N–H and O–H groups in total. The van der Waals surface area contributed by atoms with Gasteiger partial charge in [-0.2, -0.15) is 0 Å². The Hall–Kier alpha value is -4.79. The SMILES string of the molecule is CCCOc1ccc(C(=O)c2c(O)cc(O)cc2O)c(O)c1O.O=C1C=Cc2ccccc2C1=O. The lowest BCUT2D eigenvalue weighted by atomic mass is 9.96. The third kappa shape index (κ3) is 5.25. The molecule has 9 nitrogen and oxygen atoms in total. The number of ketones is 3. The molecule has 3 aromatic rings.